The Morgan fingerprint density at radius 2 is 1.85 bits per heavy atom. The highest BCUT2D eigenvalue weighted by molar-refractivity contribution is 14.1. The molecule has 1 aromatic heterocycles. The van der Waals surface area contributed by atoms with Crippen molar-refractivity contribution >= 4 is 50.4 Å². The smallest absolute Gasteiger partial charge is 0.211 e. The van der Waals surface area contributed by atoms with Crippen LogP contribution in [0.1, 0.15) is 5.56 Å². The second-order valence-corrected chi connectivity index (χ2v) is 6.45. The number of nitrogens with zero attached hydrogens (tertiary/aromatic N) is 3. The third kappa shape index (κ3) is 2.69. The van der Waals surface area contributed by atoms with Gasteiger partial charge in [-0.15, -0.1) is 5.10 Å². The molecule has 0 bridgehead atoms. The monoisotopic (exact) mass is 393 g/mol. The third-order valence-corrected chi connectivity index (χ3v) is 5.05. The number of halogens is 1. The predicted octanol–water partition coefficient (Wildman–Crippen LogP) is 3.78. The summed E-state index contributed by atoms with van der Waals surface area (Å²) in [5.74, 6) is 0. The van der Waals surface area contributed by atoms with E-state index >= 15 is 0 Å². The fourth-order valence-corrected chi connectivity index (χ4v) is 3.40. The van der Waals surface area contributed by atoms with Crippen LogP contribution in [0.2, 0.25) is 0 Å². The van der Waals surface area contributed by atoms with Crippen molar-refractivity contribution in [1.29, 1.82) is 0 Å². The Morgan fingerprint density at radius 1 is 1.10 bits per heavy atom. The minimum Gasteiger partial charge on any atom is -0.318 e. The van der Waals surface area contributed by atoms with Gasteiger partial charge in [-0.1, -0.05) is 41.7 Å². The van der Waals surface area contributed by atoms with Crippen LogP contribution < -0.4 is 4.80 Å². The number of para-hydroxylation sites is 1. The first-order valence-corrected chi connectivity index (χ1v) is 8.01. The van der Waals surface area contributed by atoms with Crippen LogP contribution in [-0.2, 0) is 7.05 Å². The number of benzene rings is 2. The van der Waals surface area contributed by atoms with Crippen molar-refractivity contribution in [2.75, 3.05) is 0 Å². The predicted molar refractivity (Wildman–Crippen MR) is 93.1 cm³/mol. The molecule has 2 aromatic carbocycles. The highest BCUT2D eigenvalue weighted by atomic mass is 127. The van der Waals surface area contributed by atoms with Gasteiger partial charge in [-0.2, -0.15) is 5.10 Å². The van der Waals surface area contributed by atoms with Gasteiger partial charge in [-0.3, -0.25) is 0 Å². The van der Waals surface area contributed by atoms with Gasteiger partial charge >= 0.3 is 0 Å². The van der Waals surface area contributed by atoms with Crippen molar-refractivity contribution in [2.24, 2.45) is 17.3 Å². The van der Waals surface area contributed by atoms with Gasteiger partial charge in [-0.25, -0.2) is 0 Å². The lowest BCUT2D eigenvalue weighted by Gasteiger charge is -1.94. The molecule has 1 heterocycles. The number of hydrogen-bond donors (Lipinski definition) is 0. The van der Waals surface area contributed by atoms with E-state index in [0.29, 0.717) is 0 Å². The summed E-state index contributed by atoms with van der Waals surface area (Å²) in [4.78, 5) is 0.897. The number of aromatic nitrogens is 1. The second kappa shape index (κ2) is 5.88. The minimum absolute atomic E-state index is 0.897. The van der Waals surface area contributed by atoms with Crippen molar-refractivity contribution in [3.63, 3.8) is 0 Å². The Kier molecular flexibility index (Phi) is 3.98. The molecule has 0 atom stereocenters. The van der Waals surface area contributed by atoms with Gasteiger partial charge in [0.05, 0.1) is 16.4 Å². The first-order valence-electron chi connectivity index (χ1n) is 6.12. The summed E-state index contributed by atoms with van der Waals surface area (Å²) in [6.07, 6.45) is 1.80. The Balaban J connectivity index is 1.99. The maximum Gasteiger partial charge on any atom is 0.211 e. The molecule has 0 aliphatic rings. The normalized spacial score (nSPS) is 12.6. The summed E-state index contributed by atoms with van der Waals surface area (Å²) in [7, 11) is 2.01. The molecule has 0 N–H and O–H groups in total. The van der Waals surface area contributed by atoms with E-state index in [0.717, 1.165) is 10.4 Å². The summed E-state index contributed by atoms with van der Waals surface area (Å²) in [5.41, 5.74) is 2.27. The Hall–Kier alpha value is -1.47. The first-order chi connectivity index (χ1) is 9.75. The van der Waals surface area contributed by atoms with E-state index in [2.05, 4.69) is 55.6 Å². The molecule has 20 heavy (non-hydrogen) atoms. The van der Waals surface area contributed by atoms with Crippen molar-refractivity contribution in [3.8, 4) is 0 Å². The van der Waals surface area contributed by atoms with Gasteiger partial charge in [-0.05, 0) is 40.8 Å². The van der Waals surface area contributed by atoms with Crippen molar-refractivity contribution < 1.29 is 0 Å². The first kappa shape index (κ1) is 13.5. The summed E-state index contributed by atoms with van der Waals surface area (Å²) in [5, 5.41) is 8.54. The molecule has 0 aliphatic heterocycles. The van der Waals surface area contributed by atoms with E-state index in [1.807, 2.05) is 37.4 Å². The zero-order valence-corrected chi connectivity index (χ0v) is 13.8. The Morgan fingerprint density at radius 3 is 2.65 bits per heavy atom. The average Bonchev–Trinajstić information content (AvgIpc) is 2.78. The van der Waals surface area contributed by atoms with E-state index in [-0.39, 0.29) is 0 Å². The van der Waals surface area contributed by atoms with Gasteiger partial charge in [0.15, 0.2) is 0 Å². The lowest BCUT2D eigenvalue weighted by molar-refractivity contribution is 0.889. The average molecular weight is 393 g/mol. The molecule has 3 aromatic rings. The summed E-state index contributed by atoms with van der Waals surface area (Å²) >= 11 is 3.94. The largest absolute Gasteiger partial charge is 0.318 e. The van der Waals surface area contributed by atoms with Gasteiger partial charge in [0.1, 0.15) is 0 Å². The fourth-order valence-electron chi connectivity index (χ4n) is 1.90. The lowest BCUT2D eigenvalue weighted by atomic mass is 10.2. The molecule has 0 saturated heterocycles. The van der Waals surface area contributed by atoms with Crippen LogP contribution >= 0.6 is 33.9 Å². The molecule has 0 aliphatic carbocycles. The van der Waals surface area contributed by atoms with Crippen molar-refractivity contribution in [1.82, 2.24) is 4.57 Å². The van der Waals surface area contributed by atoms with Crippen LogP contribution in [0.5, 0.6) is 0 Å². The summed E-state index contributed by atoms with van der Waals surface area (Å²) in [6.45, 7) is 0. The molecule has 0 unspecified atom stereocenters. The standard InChI is InChI=1S/C15H12IN3S/c1-19-13-8-4-5-9-14(13)20-15(19)18-17-10-11-6-2-3-7-12(11)16/h2-10H,1H3. The molecule has 3 nitrogen and oxygen atoms in total. The topological polar surface area (TPSA) is 29.6 Å². The van der Waals surface area contributed by atoms with Gasteiger partial charge < -0.3 is 4.57 Å². The molecule has 0 amide bonds. The summed E-state index contributed by atoms with van der Waals surface area (Å²) in [6, 6.07) is 16.4. The highest BCUT2D eigenvalue weighted by Gasteiger charge is 2.00. The number of rotatable bonds is 2. The van der Waals surface area contributed by atoms with Crippen LogP contribution in [0, 0.1) is 3.57 Å². The SMILES string of the molecule is Cn1c(=NN=Cc2ccccc2I)sc2ccccc21. The van der Waals surface area contributed by atoms with E-state index in [4.69, 9.17) is 0 Å². The van der Waals surface area contributed by atoms with E-state index in [1.165, 1.54) is 13.8 Å². The molecular formula is C15H12IN3S. The number of hydrogen-bond acceptors (Lipinski definition) is 3. The quantitative estimate of drug-likeness (QED) is 0.361. The maximum absolute atomic E-state index is 4.33. The van der Waals surface area contributed by atoms with Crippen LogP contribution in [0.15, 0.2) is 58.7 Å². The Labute approximate surface area is 134 Å². The summed E-state index contributed by atoms with van der Waals surface area (Å²) < 4.78 is 4.45. The van der Waals surface area contributed by atoms with Gasteiger partial charge in [0.2, 0.25) is 4.80 Å². The van der Waals surface area contributed by atoms with Crippen molar-refractivity contribution in [2.45, 2.75) is 0 Å². The number of fused-ring (bicyclic) bond motifs is 1. The Bertz CT molecular complexity index is 845. The zero-order chi connectivity index (χ0) is 13.9. The van der Waals surface area contributed by atoms with E-state index in [1.54, 1.807) is 17.6 Å². The lowest BCUT2D eigenvalue weighted by Crippen LogP contribution is -2.08. The number of aryl methyl sites for hydroxylation is 1. The zero-order valence-electron chi connectivity index (χ0n) is 10.8. The number of thiazole rings is 1. The van der Waals surface area contributed by atoms with Crippen molar-refractivity contribution in [3.05, 3.63) is 62.5 Å². The molecule has 0 saturated carbocycles. The molecular weight excluding hydrogens is 381 g/mol. The fraction of sp³-hybridized carbons (Fsp3) is 0.0667. The van der Waals surface area contributed by atoms with Crippen LogP contribution in [-0.4, -0.2) is 10.8 Å². The molecule has 100 valence electrons. The molecule has 0 radical (unpaired) electrons. The highest BCUT2D eigenvalue weighted by Crippen LogP contribution is 2.15. The van der Waals surface area contributed by atoms with Crippen LogP contribution in [0.3, 0.4) is 0 Å². The molecule has 0 fully saturated rings. The van der Waals surface area contributed by atoms with E-state index in [9.17, 15) is 0 Å². The third-order valence-electron chi connectivity index (χ3n) is 2.96. The van der Waals surface area contributed by atoms with E-state index < -0.39 is 0 Å². The van der Waals surface area contributed by atoms with Gasteiger partial charge in [0, 0.05) is 16.2 Å². The maximum atomic E-state index is 4.33. The van der Waals surface area contributed by atoms with Gasteiger partial charge in [0.25, 0.3) is 0 Å². The van der Waals surface area contributed by atoms with Crippen LogP contribution in [0.25, 0.3) is 10.2 Å². The van der Waals surface area contributed by atoms with Crippen LogP contribution in [0.4, 0.5) is 0 Å². The minimum atomic E-state index is 0.897. The molecule has 5 heteroatoms. The second-order valence-electron chi connectivity index (χ2n) is 4.28. The molecule has 3 rings (SSSR count). The molecule has 0 spiro atoms.